The second-order valence-corrected chi connectivity index (χ2v) is 6.65. The van der Waals surface area contributed by atoms with E-state index < -0.39 is 23.2 Å². The summed E-state index contributed by atoms with van der Waals surface area (Å²) in [5.41, 5.74) is -1.70. The first-order valence-corrected chi connectivity index (χ1v) is 8.71. The molecule has 1 fully saturated rings. The second kappa shape index (κ2) is 7.46. The molecule has 9 heteroatoms. The molecule has 0 spiro atoms. The van der Waals surface area contributed by atoms with E-state index in [9.17, 15) is 28.3 Å². The molecule has 1 aromatic carbocycles. The molecular formula is C19H17F3N4O2. The van der Waals surface area contributed by atoms with Crippen molar-refractivity contribution in [3.8, 4) is 11.9 Å². The van der Waals surface area contributed by atoms with E-state index in [-0.39, 0.29) is 28.5 Å². The summed E-state index contributed by atoms with van der Waals surface area (Å²) in [5, 5.41) is 27.4. The molecule has 0 radical (unpaired) electrons. The third-order valence-electron chi connectivity index (χ3n) is 4.84. The van der Waals surface area contributed by atoms with E-state index in [4.69, 9.17) is 0 Å². The van der Waals surface area contributed by atoms with Crippen LogP contribution in [0.3, 0.4) is 0 Å². The molecule has 1 saturated carbocycles. The quantitative estimate of drug-likeness (QED) is 0.723. The van der Waals surface area contributed by atoms with Gasteiger partial charge < -0.3 is 5.11 Å². The Kier molecular flexibility index (Phi) is 5.23. The number of aromatic nitrogens is 1. The van der Waals surface area contributed by atoms with Crippen LogP contribution < -0.4 is 5.56 Å². The average molecular weight is 390 g/mol. The number of hydrogen-bond donors (Lipinski definition) is 1. The van der Waals surface area contributed by atoms with Crippen LogP contribution in [0.25, 0.3) is 0 Å². The predicted molar refractivity (Wildman–Crippen MR) is 94.9 cm³/mol. The smallest absolute Gasteiger partial charge is 0.416 e. The van der Waals surface area contributed by atoms with Crippen molar-refractivity contribution in [2.24, 2.45) is 10.2 Å². The molecule has 0 amide bonds. The lowest BCUT2D eigenvalue weighted by Gasteiger charge is -2.18. The van der Waals surface area contributed by atoms with Gasteiger partial charge in [-0.1, -0.05) is 18.9 Å². The molecule has 6 nitrogen and oxygen atoms in total. The first-order chi connectivity index (χ1) is 13.2. The molecule has 1 aromatic heterocycles. The number of halogens is 3. The van der Waals surface area contributed by atoms with E-state index in [0.717, 1.165) is 29.5 Å². The molecule has 0 unspecified atom stereocenters. The van der Waals surface area contributed by atoms with E-state index in [1.165, 1.54) is 19.1 Å². The van der Waals surface area contributed by atoms with Gasteiger partial charge >= 0.3 is 6.18 Å². The molecular weight excluding hydrogens is 373 g/mol. The molecule has 1 N–H and O–H groups in total. The van der Waals surface area contributed by atoms with Crippen molar-refractivity contribution in [3.63, 3.8) is 0 Å². The van der Waals surface area contributed by atoms with E-state index >= 15 is 0 Å². The van der Waals surface area contributed by atoms with Crippen LogP contribution in [0.15, 0.2) is 39.3 Å². The first kappa shape index (κ1) is 19.6. The molecule has 0 atom stereocenters. The number of pyridine rings is 1. The van der Waals surface area contributed by atoms with Crippen LogP contribution in [0.1, 0.15) is 48.4 Å². The van der Waals surface area contributed by atoms with Crippen LogP contribution in [0.5, 0.6) is 5.88 Å². The molecule has 1 aliphatic rings. The maximum Gasteiger partial charge on any atom is 0.416 e. The molecule has 2 aromatic rings. The number of benzene rings is 1. The van der Waals surface area contributed by atoms with Gasteiger partial charge in [0, 0.05) is 11.6 Å². The lowest BCUT2D eigenvalue weighted by molar-refractivity contribution is -0.137. The van der Waals surface area contributed by atoms with Crippen molar-refractivity contribution >= 4 is 11.4 Å². The largest absolute Gasteiger partial charge is 0.493 e. The minimum atomic E-state index is -4.52. The van der Waals surface area contributed by atoms with Crippen LogP contribution in [-0.4, -0.2) is 9.67 Å². The molecule has 0 bridgehead atoms. The zero-order valence-electron chi connectivity index (χ0n) is 15.0. The highest BCUT2D eigenvalue weighted by atomic mass is 19.4. The summed E-state index contributed by atoms with van der Waals surface area (Å²) in [4.78, 5) is 12.9. The number of azo groups is 1. The normalized spacial score (nSPS) is 15.2. The fourth-order valence-electron chi connectivity index (χ4n) is 3.38. The lowest BCUT2D eigenvalue weighted by Crippen LogP contribution is -2.24. The summed E-state index contributed by atoms with van der Waals surface area (Å²) >= 11 is 0. The highest BCUT2D eigenvalue weighted by Gasteiger charge is 2.30. The van der Waals surface area contributed by atoms with Crippen molar-refractivity contribution in [1.82, 2.24) is 4.57 Å². The van der Waals surface area contributed by atoms with E-state index in [1.54, 1.807) is 0 Å². The monoisotopic (exact) mass is 390 g/mol. The third kappa shape index (κ3) is 3.63. The summed E-state index contributed by atoms with van der Waals surface area (Å²) in [6.45, 7) is 1.44. The van der Waals surface area contributed by atoms with Gasteiger partial charge in [-0.2, -0.15) is 23.5 Å². The highest BCUT2D eigenvalue weighted by Crippen LogP contribution is 2.36. The fourth-order valence-corrected chi connectivity index (χ4v) is 3.38. The molecule has 3 rings (SSSR count). The average Bonchev–Trinajstić information content (AvgIpc) is 3.15. The van der Waals surface area contributed by atoms with Crippen LogP contribution >= 0.6 is 0 Å². The van der Waals surface area contributed by atoms with Crippen molar-refractivity contribution in [2.75, 3.05) is 0 Å². The van der Waals surface area contributed by atoms with Crippen molar-refractivity contribution < 1.29 is 18.3 Å². The van der Waals surface area contributed by atoms with E-state index in [0.29, 0.717) is 12.8 Å². The molecule has 0 saturated heterocycles. The zero-order valence-corrected chi connectivity index (χ0v) is 15.0. The SMILES string of the molecule is Cc1c(C#N)c(O)n(C2CCCC2)c(=O)c1N=Nc1cccc(C(F)(F)F)c1. The summed E-state index contributed by atoms with van der Waals surface area (Å²) in [6, 6.07) is 5.86. The van der Waals surface area contributed by atoms with Gasteiger partial charge in [-0.25, -0.2) is 0 Å². The Morgan fingerprint density at radius 2 is 1.93 bits per heavy atom. The summed E-state index contributed by atoms with van der Waals surface area (Å²) < 4.78 is 39.7. The maximum atomic E-state index is 12.9. The zero-order chi connectivity index (χ0) is 20.5. The Labute approximate surface area is 158 Å². The van der Waals surface area contributed by atoms with Gasteiger partial charge in [-0.05, 0) is 38.0 Å². The van der Waals surface area contributed by atoms with E-state index in [1.807, 2.05) is 6.07 Å². The Morgan fingerprint density at radius 1 is 1.25 bits per heavy atom. The van der Waals surface area contributed by atoms with Crippen LogP contribution in [0, 0.1) is 18.3 Å². The Bertz CT molecular complexity index is 1030. The van der Waals surface area contributed by atoms with Gasteiger partial charge in [0.05, 0.1) is 11.3 Å². The van der Waals surface area contributed by atoms with Crippen LogP contribution in [-0.2, 0) is 6.18 Å². The Hall–Kier alpha value is -3.15. The standard InChI is InChI=1S/C19H17F3N4O2/c1-11-15(10-23)17(27)26(14-7-2-3-8-14)18(28)16(11)25-24-13-6-4-5-12(9-13)19(20,21)22/h4-6,9,14,27H,2-3,7-8H2,1H3. The first-order valence-electron chi connectivity index (χ1n) is 8.71. The van der Waals surface area contributed by atoms with Gasteiger partial charge in [-0.15, -0.1) is 5.11 Å². The van der Waals surface area contributed by atoms with Crippen LogP contribution in [0.2, 0.25) is 0 Å². The molecule has 0 aliphatic heterocycles. The van der Waals surface area contributed by atoms with Gasteiger partial charge in [0.25, 0.3) is 5.56 Å². The Balaban J connectivity index is 2.10. The molecule has 1 heterocycles. The lowest BCUT2D eigenvalue weighted by atomic mass is 10.1. The fraction of sp³-hybridized carbons (Fsp3) is 0.368. The number of aromatic hydroxyl groups is 1. The topological polar surface area (TPSA) is 90.7 Å². The van der Waals surface area contributed by atoms with Gasteiger partial charge in [-0.3, -0.25) is 9.36 Å². The maximum absolute atomic E-state index is 12.9. The molecule has 1 aliphatic carbocycles. The minimum Gasteiger partial charge on any atom is -0.493 e. The number of nitrogens with zero attached hydrogens (tertiary/aromatic N) is 4. The van der Waals surface area contributed by atoms with Gasteiger partial charge in [0.15, 0.2) is 5.69 Å². The third-order valence-corrected chi connectivity index (χ3v) is 4.84. The summed E-state index contributed by atoms with van der Waals surface area (Å²) in [6.07, 6.45) is -1.36. The van der Waals surface area contributed by atoms with Crippen molar-refractivity contribution in [2.45, 2.75) is 44.8 Å². The Morgan fingerprint density at radius 3 is 2.54 bits per heavy atom. The number of alkyl halides is 3. The van der Waals surface area contributed by atoms with Crippen LogP contribution in [0.4, 0.5) is 24.5 Å². The second-order valence-electron chi connectivity index (χ2n) is 6.65. The van der Waals surface area contributed by atoms with Crippen molar-refractivity contribution in [3.05, 3.63) is 51.3 Å². The van der Waals surface area contributed by atoms with E-state index in [2.05, 4.69) is 10.2 Å². The number of rotatable bonds is 3. The highest BCUT2D eigenvalue weighted by molar-refractivity contribution is 5.57. The molecule has 146 valence electrons. The summed E-state index contributed by atoms with van der Waals surface area (Å²) in [5.74, 6) is -0.407. The minimum absolute atomic E-state index is 0.0763. The number of hydrogen-bond acceptors (Lipinski definition) is 5. The summed E-state index contributed by atoms with van der Waals surface area (Å²) in [7, 11) is 0. The number of nitriles is 1. The predicted octanol–water partition coefficient (Wildman–Crippen LogP) is 5.28. The van der Waals surface area contributed by atoms with Gasteiger partial charge in [0.2, 0.25) is 5.88 Å². The van der Waals surface area contributed by atoms with Gasteiger partial charge in [0.1, 0.15) is 11.6 Å². The molecule has 28 heavy (non-hydrogen) atoms. The van der Waals surface area contributed by atoms with Crippen molar-refractivity contribution in [1.29, 1.82) is 5.26 Å².